The standard InChI is InChI=1S/C17H21N7O2/c1-2-26-12-9-10(24-5-7-25-8-6-24)3-4-11(12)15-20-13-14(18)21-17(19)23-16(13)22-15/h3-4,9H,2,5-8H2,1H3,(H5,18,19,20,21,22,23). The van der Waals surface area contributed by atoms with Gasteiger partial charge in [0, 0.05) is 24.8 Å². The van der Waals surface area contributed by atoms with Gasteiger partial charge in [-0.3, -0.25) is 0 Å². The van der Waals surface area contributed by atoms with Gasteiger partial charge in [-0.05, 0) is 19.1 Å². The molecule has 5 N–H and O–H groups in total. The van der Waals surface area contributed by atoms with Crippen LogP contribution in [0.15, 0.2) is 18.2 Å². The summed E-state index contributed by atoms with van der Waals surface area (Å²) in [5.74, 6) is 1.72. The number of H-pyrrole nitrogens is 1. The summed E-state index contributed by atoms with van der Waals surface area (Å²) < 4.78 is 11.3. The summed E-state index contributed by atoms with van der Waals surface area (Å²) in [6, 6.07) is 6.07. The predicted molar refractivity (Wildman–Crippen MR) is 100 cm³/mol. The number of nitrogen functional groups attached to an aromatic ring is 2. The first-order valence-electron chi connectivity index (χ1n) is 8.54. The Bertz CT molecular complexity index is 934. The minimum atomic E-state index is 0.109. The van der Waals surface area contributed by atoms with Crippen LogP contribution in [0.4, 0.5) is 17.5 Å². The molecule has 0 bridgehead atoms. The molecule has 0 spiro atoms. The monoisotopic (exact) mass is 355 g/mol. The number of hydrogen-bond donors (Lipinski definition) is 3. The molecule has 1 saturated heterocycles. The van der Waals surface area contributed by atoms with Crippen molar-refractivity contribution < 1.29 is 9.47 Å². The third-order valence-corrected chi connectivity index (χ3v) is 4.29. The van der Waals surface area contributed by atoms with Gasteiger partial charge in [-0.25, -0.2) is 4.98 Å². The topological polar surface area (TPSA) is 128 Å². The Morgan fingerprint density at radius 2 is 2.00 bits per heavy atom. The number of fused-ring (bicyclic) bond motifs is 1. The maximum atomic E-state index is 5.90. The molecule has 3 heterocycles. The summed E-state index contributed by atoms with van der Waals surface area (Å²) in [5.41, 5.74) is 14.5. The highest BCUT2D eigenvalue weighted by Gasteiger charge is 2.17. The zero-order chi connectivity index (χ0) is 18.1. The quantitative estimate of drug-likeness (QED) is 0.641. The summed E-state index contributed by atoms with van der Waals surface area (Å²) in [7, 11) is 0. The lowest BCUT2D eigenvalue weighted by Gasteiger charge is -2.29. The van der Waals surface area contributed by atoms with E-state index in [1.807, 2.05) is 19.1 Å². The fourth-order valence-electron chi connectivity index (χ4n) is 3.07. The van der Waals surface area contributed by atoms with E-state index in [0.717, 1.165) is 43.3 Å². The molecule has 2 aromatic heterocycles. The van der Waals surface area contributed by atoms with Crippen molar-refractivity contribution in [1.82, 2.24) is 19.9 Å². The number of nitrogens with two attached hydrogens (primary N) is 2. The van der Waals surface area contributed by atoms with Crippen LogP contribution in [0.3, 0.4) is 0 Å². The summed E-state index contributed by atoms with van der Waals surface area (Å²) >= 11 is 0. The SMILES string of the molecule is CCOc1cc(N2CCOCC2)ccc1-c1nc2c(N)nc(N)nc2[nH]1. The number of aromatic nitrogens is 4. The van der Waals surface area contributed by atoms with E-state index >= 15 is 0 Å². The van der Waals surface area contributed by atoms with Crippen molar-refractivity contribution in [2.75, 3.05) is 49.3 Å². The zero-order valence-electron chi connectivity index (χ0n) is 14.5. The normalized spacial score (nSPS) is 14.7. The number of morpholine rings is 1. The fraction of sp³-hybridized carbons (Fsp3) is 0.353. The van der Waals surface area contributed by atoms with E-state index in [-0.39, 0.29) is 11.8 Å². The van der Waals surface area contributed by atoms with Gasteiger partial charge in [0.2, 0.25) is 5.95 Å². The number of anilines is 3. The van der Waals surface area contributed by atoms with Gasteiger partial charge in [-0.2, -0.15) is 9.97 Å². The Kier molecular flexibility index (Phi) is 4.21. The van der Waals surface area contributed by atoms with Crippen LogP contribution in [-0.4, -0.2) is 52.8 Å². The van der Waals surface area contributed by atoms with Crippen molar-refractivity contribution in [3.63, 3.8) is 0 Å². The minimum Gasteiger partial charge on any atom is -0.493 e. The molecule has 0 saturated carbocycles. The van der Waals surface area contributed by atoms with Crippen molar-refractivity contribution in [1.29, 1.82) is 0 Å². The second-order valence-corrected chi connectivity index (χ2v) is 5.96. The molecule has 0 unspecified atom stereocenters. The van der Waals surface area contributed by atoms with E-state index in [9.17, 15) is 0 Å². The lowest BCUT2D eigenvalue weighted by atomic mass is 10.1. The molecule has 1 fully saturated rings. The van der Waals surface area contributed by atoms with Crippen LogP contribution in [0.5, 0.6) is 5.75 Å². The molecule has 9 heteroatoms. The maximum Gasteiger partial charge on any atom is 0.224 e. The molecule has 3 aromatic rings. The van der Waals surface area contributed by atoms with Crippen LogP contribution in [0.1, 0.15) is 6.92 Å². The van der Waals surface area contributed by atoms with E-state index in [1.54, 1.807) is 0 Å². The van der Waals surface area contributed by atoms with E-state index in [4.69, 9.17) is 20.9 Å². The molecule has 9 nitrogen and oxygen atoms in total. The third-order valence-electron chi connectivity index (χ3n) is 4.29. The number of hydrogen-bond acceptors (Lipinski definition) is 8. The van der Waals surface area contributed by atoms with Crippen LogP contribution in [0, 0.1) is 0 Å². The van der Waals surface area contributed by atoms with Gasteiger partial charge in [-0.15, -0.1) is 0 Å². The highest BCUT2D eigenvalue weighted by Crippen LogP contribution is 2.34. The lowest BCUT2D eigenvalue weighted by Crippen LogP contribution is -2.36. The molecule has 4 rings (SSSR count). The number of rotatable bonds is 4. The molecule has 0 radical (unpaired) electrons. The van der Waals surface area contributed by atoms with Gasteiger partial charge in [-0.1, -0.05) is 0 Å². The largest absolute Gasteiger partial charge is 0.493 e. The average molecular weight is 355 g/mol. The van der Waals surface area contributed by atoms with Gasteiger partial charge >= 0.3 is 0 Å². The highest BCUT2D eigenvalue weighted by atomic mass is 16.5. The Morgan fingerprint density at radius 1 is 1.19 bits per heavy atom. The number of benzene rings is 1. The highest BCUT2D eigenvalue weighted by molar-refractivity contribution is 5.86. The van der Waals surface area contributed by atoms with Gasteiger partial charge in [0.15, 0.2) is 17.0 Å². The Morgan fingerprint density at radius 3 is 2.77 bits per heavy atom. The number of ether oxygens (including phenoxy) is 2. The van der Waals surface area contributed by atoms with Crippen molar-refractivity contribution >= 4 is 28.6 Å². The number of nitrogens with zero attached hydrogens (tertiary/aromatic N) is 4. The molecular weight excluding hydrogens is 334 g/mol. The van der Waals surface area contributed by atoms with E-state index < -0.39 is 0 Å². The third kappa shape index (κ3) is 2.97. The molecule has 136 valence electrons. The van der Waals surface area contributed by atoms with Crippen LogP contribution in [0.25, 0.3) is 22.6 Å². The molecule has 1 aliphatic rings. The van der Waals surface area contributed by atoms with Crippen molar-refractivity contribution in [2.24, 2.45) is 0 Å². The van der Waals surface area contributed by atoms with Crippen molar-refractivity contribution in [2.45, 2.75) is 6.92 Å². The first-order chi connectivity index (χ1) is 12.7. The zero-order valence-corrected chi connectivity index (χ0v) is 14.5. The van der Waals surface area contributed by atoms with Crippen LogP contribution >= 0.6 is 0 Å². The Labute approximate surface area is 150 Å². The molecular formula is C17H21N7O2. The number of aromatic amines is 1. The Hall–Kier alpha value is -3.07. The lowest BCUT2D eigenvalue weighted by molar-refractivity contribution is 0.122. The van der Waals surface area contributed by atoms with E-state index in [2.05, 4.69) is 30.9 Å². The van der Waals surface area contributed by atoms with Gasteiger partial charge in [0.25, 0.3) is 0 Å². The first kappa shape index (κ1) is 16.4. The van der Waals surface area contributed by atoms with Crippen LogP contribution < -0.4 is 21.1 Å². The van der Waals surface area contributed by atoms with Gasteiger partial charge in [0.1, 0.15) is 11.6 Å². The molecule has 1 aromatic carbocycles. The van der Waals surface area contributed by atoms with Crippen molar-refractivity contribution in [3.8, 4) is 17.1 Å². The summed E-state index contributed by atoms with van der Waals surface area (Å²) in [4.78, 5) is 18.1. The minimum absolute atomic E-state index is 0.109. The second kappa shape index (κ2) is 6.68. The smallest absolute Gasteiger partial charge is 0.224 e. The molecule has 0 amide bonds. The molecule has 0 atom stereocenters. The van der Waals surface area contributed by atoms with E-state index in [0.29, 0.717) is 23.6 Å². The van der Waals surface area contributed by atoms with Gasteiger partial charge in [0.05, 0.1) is 25.4 Å². The van der Waals surface area contributed by atoms with E-state index in [1.165, 1.54) is 0 Å². The molecule has 1 aliphatic heterocycles. The summed E-state index contributed by atoms with van der Waals surface area (Å²) in [6.07, 6.45) is 0. The second-order valence-electron chi connectivity index (χ2n) is 5.96. The average Bonchev–Trinajstić information content (AvgIpc) is 3.07. The maximum absolute atomic E-state index is 5.90. The number of nitrogens with one attached hydrogen (secondary N) is 1. The predicted octanol–water partition coefficient (Wildman–Crippen LogP) is 1.42. The van der Waals surface area contributed by atoms with Crippen molar-refractivity contribution in [3.05, 3.63) is 18.2 Å². The van der Waals surface area contributed by atoms with Crippen LogP contribution in [0.2, 0.25) is 0 Å². The molecule has 26 heavy (non-hydrogen) atoms. The fourth-order valence-corrected chi connectivity index (χ4v) is 3.07. The number of imidazole rings is 1. The van der Waals surface area contributed by atoms with Crippen LogP contribution in [-0.2, 0) is 4.74 Å². The molecule has 0 aliphatic carbocycles. The summed E-state index contributed by atoms with van der Waals surface area (Å²) in [6.45, 7) is 5.69. The summed E-state index contributed by atoms with van der Waals surface area (Å²) in [5, 5.41) is 0. The Balaban J connectivity index is 1.76. The first-order valence-corrected chi connectivity index (χ1v) is 8.54. The van der Waals surface area contributed by atoms with Gasteiger partial charge < -0.3 is 30.8 Å².